The molecule has 2 rings (SSSR count). The van der Waals surface area contributed by atoms with E-state index in [0.29, 0.717) is 22.6 Å². The fraction of sp³-hybridized carbons (Fsp3) is 0.400. The molecule has 0 aliphatic heterocycles. The second-order valence-electron chi connectivity index (χ2n) is 8.56. The van der Waals surface area contributed by atoms with Gasteiger partial charge in [0.1, 0.15) is 11.5 Å². The van der Waals surface area contributed by atoms with E-state index in [1.807, 2.05) is 41.5 Å². The van der Waals surface area contributed by atoms with Crippen LogP contribution in [-0.2, 0) is 0 Å². The lowest BCUT2D eigenvalue weighted by molar-refractivity contribution is 0.0909. The Morgan fingerprint density at radius 1 is 0.759 bits per heavy atom. The molecule has 0 spiro atoms. The normalized spacial score (nSPS) is 11.4. The molecule has 8 nitrogen and oxygen atoms in total. The molecule has 0 saturated heterocycles. The number of hydrogen-bond acceptors (Lipinski definition) is 6. The summed E-state index contributed by atoms with van der Waals surface area (Å²) in [5, 5.41) is 5.71. The van der Waals surface area contributed by atoms with Crippen LogP contribution in [0.3, 0.4) is 0 Å². The standard InChI is InChI=1S/C20H26BN4O4/c1-19(2,3)24-17(26)13-7-15(11-22-9-13)28-21-29-16-8-14(10-23-12-16)18(27)25-20(4,5)6/h7-12H,1-6H3,(H,24,26)(H,25,27). The summed E-state index contributed by atoms with van der Waals surface area (Å²) in [7, 11) is 1.09. The zero-order valence-electron chi connectivity index (χ0n) is 17.6. The predicted molar refractivity (Wildman–Crippen MR) is 110 cm³/mol. The SMILES string of the molecule is CC(C)(C)NC(=O)c1cncc(O[B]Oc2cncc(C(=O)NC(C)(C)C)c2)c1. The predicted octanol–water partition coefficient (Wildman–Crippen LogP) is 2.53. The van der Waals surface area contributed by atoms with E-state index in [-0.39, 0.29) is 22.9 Å². The van der Waals surface area contributed by atoms with Gasteiger partial charge in [-0.3, -0.25) is 19.6 Å². The van der Waals surface area contributed by atoms with Crippen LogP contribution in [0, 0.1) is 0 Å². The lowest BCUT2D eigenvalue weighted by Gasteiger charge is -2.20. The van der Waals surface area contributed by atoms with E-state index < -0.39 is 0 Å². The fourth-order valence-corrected chi connectivity index (χ4v) is 2.18. The van der Waals surface area contributed by atoms with Gasteiger partial charge in [0.15, 0.2) is 0 Å². The van der Waals surface area contributed by atoms with Crippen molar-refractivity contribution in [3.8, 4) is 11.5 Å². The minimum absolute atomic E-state index is 0.252. The molecule has 1 radical (unpaired) electrons. The monoisotopic (exact) mass is 397 g/mol. The molecule has 153 valence electrons. The van der Waals surface area contributed by atoms with E-state index in [9.17, 15) is 9.59 Å². The Labute approximate surface area is 171 Å². The van der Waals surface area contributed by atoms with Crippen molar-refractivity contribution in [2.75, 3.05) is 0 Å². The molecular formula is C20H26BN4O4. The van der Waals surface area contributed by atoms with Crippen molar-refractivity contribution in [1.29, 1.82) is 0 Å². The number of rotatable bonds is 6. The smallest absolute Gasteiger partial charge is 0.525 e. The summed E-state index contributed by atoms with van der Waals surface area (Å²) in [6.07, 6.45) is 5.82. The fourth-order valence-electron chi connectivity index (χ4n) is 2.18. The Morgan fingerprint density at radius 3 is 1.48 bits per heavy atom. The summed E-state index contributed by atoms with van der Waals surface area (Å²) >= 11 is 0. The molecule has 2 aromatic heterocycles. The lowest BCUT2D eigenvalue weighted by Crippen LogP contribution is -2.40. The molecule has 2 aromatic rings. The van der Waals surface area contributed by atoms with Gasteiger partial charge in [-0.1, -0.05) is 0 Å². The molecule has 2 heterocycles. The number of aromatic nitrogens is 2. The highest BCUT2D eigenvalue weighted by molar-refractivity contribution is 6.20. The molecule has 0 atom stereocenters. The van der Waals surface area contributed by atoms with Crippen molar-refractivity contribution in [2.24, 2.45) is 0 Å². The Morgan fingerprint density at radius 2 is 1.14 bits per heavy atom. The van der Waals surface area contributed by atoms with Gasteiger partial charge in [-0.2, -0.15) is 0 Å². The minimum atomic E-state index is -0.361. The van der Waals surface area contributed by atoms with Gasteiger partial charge in [-0.15, -0.1) is 0 Å². The van der Waals surface area contributed by atoms with Crippen molar-refractivity contribution in [3.05, 3.63) is 48.0 Å². The number of pyridine rings is 2. The third kappa shape index (κ3) is 7.81. The van der Waals surface area contributed by atoms with Gasteiger partial charge in [0.2, 0.25) is 0 Å². The third-order valence-corrected chi connectivity index (χ3v) is 3.30. The van der Waals surface area contributed by atoms with Crippen LogP contribution in [0.4, 0.5) is 0 Å². The molecule has 2 amide bonds. The maximum absolute atomic E-state index is 12.2. The molecule has 9 heteroatoms. The Bertz CT molecular complexity index is 804. The van der Waals surface area contributed by atoms with E-state index in [0.717, 1.165) is 7.69 Å². The number of amides is 2. The first-order valence-electron chi connectivity index (χ1n) is 9.13. The van der Waals surface area contributed by atoms with Crippen LogP contribution in [0.2, 0.25) is 0 Å². The molecule has 0 bridgehead atoms. The maximum Gasteiger partial charge on any atom is 0.658 e. The summed E-state index contributed by atoms with van der Waals surface area (Å²) in [5.74, 6) is 0.165. The molecule has 0 aliphatic carbocycles. The van der Waals surface area contributed by atoms with Gasteiger partial charge in [-0.25, -0.2) is 0 Å². The maximum atomic E-state index is 12.2. The average molecular weight is 397 g/mol. The first-order chi connectivity index (χ1) is 13.4. The highest BCUT2D eigenvalue weighted by Gasteiger charge is 2.17. The van der Waals surface area contributed by atoms with Crippen LogP contribution in [0.1, 0.15) is 62.3 Å². The zero-order chi connectivity index (χ0) is 21.7. The van der Waals surface area contributed by atoms with E-state index in [4.69, 9.17) is 9.31 Å². The van der Waals surface area contributed by atoms with Gasteiger partial charge in [0.05, 0.1) is 23.5 Å². The Balaban J connectivity index is 1.95. The molecule has 0 saturated carbocycles. The van der Waals surface area contributed by atoms with E-state index in [2.05, 4.69) is 20.6 Å². The first kappa shape index (κ1) is 22.2. The summed E-state index contributed by atoms with van der Waals surface area (Å²) in [5.41, 5.74) is 0.0164. The first-order valence-corrected chi connectivity index (χ1v) is 9.13. The van der Waals surface area contributed by atoms with E-state index in [1.54, 1.807) is 12.1 Å². The molecular weight excluding hydrogens is 371 g/mol. The molecule has 29 heavy (non-hydrogen) atoms. The second kappa shape index (κ2) is 8.94. The van der Waals surface area contributed by atoms with Crippen LogP contribution in [0.15, 0.2) is 36.9 Å². The van der Waals surface area contributed by atoms with Crippen LogP contribution in [-0.4, -0.2) is 40.5 Å². The summed E-state index contributed by atoms with van der Waals surface area (Å²) in [4.78, 5) is 32.4. The zero-order valence-corrected chi connectivity index (χ0v) is 17.6. The average Bonchev–Trinajstić information content (AvgIpc) is 2.59. The van der Waals surface area contributed by atoms with Gasteiger partial charge in [0.25, 0.3) is 11.8 Å². The van der Waals surface area contributed by atoms with Crippen molar-refractivity contribution in [2.45, 2.75) is 52.6 Å². The van der Waals surface area contributed by atoms with Crippen LogP contribution < -0.4 is 19.9 Å². The van der Waals surface area contributed by atoms with Gasteiger partial charge in [-0.05, 0) is 53.7 Å². The van der Waals surface area contributed by atoms with Gasteiger partial charge >= 0.3 is 7.69 Å². The molecule has 2 N–H and O–H groups in total. The van der Waals surface area contributed by atoms with Crippen LogP contribution in [0.5, 0.6) is 11.5 Å². The number of carbonyl (C=O) groups is 2. The molecule has 0 unspecified atom stereocenters. The van der Waals surface area contributed by atoms with Crippen molar-refractivity contribution in [3.63, 3.8) is 0 Å². The quantitative estimate of drug-likeness (QED) is 0.727. The van der Waals surface area contributed by atoms with Crippen LogP contribution in [0.25, 0.3) is 0 Å². The number of hydrogen-bond donors (Lipinski definition) is 2. The summed E-state index contributed by atoms with van der Waals surface area (Å²) < 4.78 is 10.8. The highest BCUT2D eigenvalue weighted by atomic mass is 16.6. The Kier molecular flexibility index (Phi) is 6.84. The number of carbonyl (C=O) groups excluding carboxylic acids is 2. The Hall–Kier alpha value is -3.10. The molecule has 0 fully saturated rings. The largest absolute Gasteiger partial charge is 0.658 e. The number of nitrogens with one attached hydrogen (secondary N) is 2. The summed E-state index contributed by atoms with van der Waals surface area (Å²) in [6, 6.07) is 3.11. The van der Waals surface area contributed by atoms with E-state index in [1.165, 1.54) is 24.8 Å². The second-order valence-corrected chi connectivity index (χ2v) is 8.56. The highest BCUT2D eigenvalue weighted by Crippen LogP contribution is 2.15. The lowest BCUT2D eigenvalue weighted by atomic mass is 10.1. The van der Waals surface area contributed by atoms with Gasteiger partial charge < -0.3 is 19.9 Å². The minimum Gasteiger partial charge on any atom is -0.525 e. The third-order valence-electron chi connectivity index (χ3n) is 3.30. The van der Waals surface area contributed by atoms with Gasteiger partial charge in [0, 0.05) is 23.5 Å². The topological polar surface area (TPSA) is 102 Å². The van der Waals surface area contributed by atoms with Crippen molar-refractivity contribution >= 4 is 19.5 Å². The van der Waals surface area contributed by atoms with Crippen molar-refractivity contribution < 1.29 is 18.9 Å². The molecule has 0 aromatic carbocycles. The summed E-state index contributed by atoms with van der Waals surface area (Å²) in [6.45, 7) is 11.4. The van der Waals surface area contributed by atoms with E-state index >= 15 is 0 Å². The molecule has 0 aliphatic rings. The van der Waals surface area contributed by atoms with Crippen molar-refractivity contribution in [1.82, 2.24) is 20.6 Å². The van der Waals surface area contributed by atoms with Crippen LogP contribution >= 0.6 is 0 Å². The number of nitrogens with zero attached hydrogens (tertiary/aromatic N) is 2.